The predicted octanol–water partition coefficient (Wildman–Crippen LogP) is -0.177. The Labute approximate surface area is 85.3 Å². The molecule has 3 unspecified atom stereocenters. The molecule has 0 aromatic heterocycles. The molecule has 14 heavy (non-hydrogen) atoms. The Kier molecular flexibility index (Phi) is 3.38. The second-order valence-corrected chi connectivity index (χ2v) is 4.26. The van der Waals surface area contributed by atoms with Crippen LogP contribution in [-0.2, 0) is 9.47 Å². The van der Waals surface area contributed by atoms with Crippen molar-refractivity contribution in [1.82, 2.24) is 4.90 Å². The zero-order valence-electron chi connectivity index (χ0n) is 8.82. The number of nitrogens with two attached hydrogens (primary N) is 1. The smallest absolute Gasteiger partial charge is 0.0637 e. The van der Waals surface area contributed by atoms with Crippen LogP contribution in [0.4, 0.5) is 0 Å². The molecule has 0 saturated carbocycles. The van der Waals surface area contributed by atoms with E-state index in [0.29, 0.717) is 12.1 Å². The SMILES string of the molecule is CC1COCCN1C1COCCC1N. The summed E-state index contributed by atoms with van der Waals surface area (Å²) in [6, 6.07) is 1.13. The van der Waals surface area contributed by atoms with Gasteiger partial charge in [-0.2, -0.15) is 0 Å². The molecular formula is C10H20N2O2. The average Bonchev–Trinajstić information content (AvgIpc) is 2.20. The van der Waals surface area contributed by atoms with Crippen LogP contribution in [0.25, 0.3) is 0 Å². The van der Waals surface area contributed by atoms with Crippen molar-refractivity contribution in [3.8, 4) is 0 Å². The van der Waals surface area contributed by atoms with Crippen LogP contribution in [0.3, 0.4) is 0 Å². The van der Waals surface area contributed by atoms with Crippen LogP contribution in [0.5, 0.6) is 0 Å². The standard InChI is InChI=1S/C10H20N2O2/c1-8-6-14-5-3-12(8)10-7-13-4-2-9(10)11/h8-10H,2-7,11H2,1H3. The Hall–Kier alpha value is -0.160. The Morgan fingerprint density at radius 3 is 2.71 bits per heavy atom. The van der Waals surface area contributed by atoms with E-state index in [0.717, 1.165) is 39.4 Å². The summed E-state index contributed by atoms with van der Waals surface area (Å²) < 4.78 is 10.9. The van der Waals surface area contributed by atoms with Gasteiger partial charge in [0.05, 0.1) is 19.8 Å². The van der Waals surface area contributed by atoms with Crippen molar-refractivity contribution < 1.29 is 9.47 Å². The van der Waals surface area contributed by atoms with Gasteiger partial charge in [0.2, 0.25) is 0 Å². The quantitative estimate of drug-likeness (QED) is 0.638. The molecule has 2 rings (SSSR count). The number of hydrogen-bond acceptors (Lipinski definition) is 4. The zero-order chi connectivity index (χ0) is 9.97. The molecule has 0 amide bonds. The van der Waals surface area contributed by atoms with E-state index in [-0.39, 0.29) is 6.04 Å². The largest absolute Gasteiger partial charge is 0.380 e. The Morgan fingerprint density at radius 1 is 1.21 bits per heavy atom. The van der Waals surface area contributed by atoms with Gasteiger partial charge in [-0.1, -0.05) is 0 Å². The third kappa shape index (κ3) is 2.08. The fourth-order valence-corrected chi connectivity index (χ4v) is 2.31. The molecule has 0 aliphatic carbocycles. The van der Waals surface area contributed by atoms with Crippen molar-refractivity contribution in [1.29, 1.82) is 0 Å². The Morgan fingerprint density at radius 2 is 2.00 bits per heavy atom. The van der Waals surface area contributed by atoms with Crippen molar-refractivity contribution in [2.24, 2.45) is 5.73 Å². The third-order valence-corrected chi connectivity index (χ3v) is 3.22. The highest BCUT2D eigenvalue weighted by Crippen LogP contribution is 2.17. The minimum Gasteiger partial charge on any atom is -0.380 e. The maximum absolute atomic E-state index is 6.11. The first-order chi connectivity index (χ1) is 6.79. The lowest BCUT2D eigenvalue weighted by Crippen LogP contribution is -2.59. The lowest BCUT2D eigenvalue weighted by atomic mass is 10.0. The van der Waals surface area contributed by atoms with Gasteiger partial charge < -0.3 is 15.2 Å². The molecular weight excluding hydrogens is 180 g/mol. The van der Waals surface area contributed by atoms with Crippen molar-refractivity contribution in [3.05, 3.63) is 0 Å². The fourth-order valence-electron chi connectivity index (χ4n) is 2.31. The molecule has 3 atom stereocenters. The first-order valence-electron chi connectivity index (χ1n) is 5.46. The van der Waals surface area contributed by atoms with E-state index >= 15 is 0 Å². The molecule has 82 valence electrons. The fraction of sp³-hybridized carbons (Fsp3) is 1.00. The summed E-state index contributed by atoms with van der Waals surface area (Å²) in [7, 11) is 0. The molecule has 2 saturated heterocycles. The molecule has 0 aromatic carbocycles. The summed E-state index contributed by atoms with van der Waals surface area (Å²) in [5.74, 6) is 0. The second-order valence-electron chi connectivity index (χ2n) is 4.26. The van der Waals surface area contributed by atoms with E-state index in [9.17, 15) is 0 Å². The molecule has 2 heterocycles. The van der Waals surface area contributed by atoms with Crippen LogP contribution in [0.1, 0.15) is 13.3 Å². The van der Waals surface area contributed by atoms with Crippen LogP contribution in [-0.4, -0.2) is 56.0 Å². The van der Waals surface area contributed by atoms with Crippen molar-refractivity contribution in [3.63, 3.8) is 0 Å². The van der Waals surface area contributed by atoms with Gasteiger partial charge in [-0.05, 0) is 13.3 Å². The molecule has 2 fully saturated rings. The highest BCUT2D eigenvalue weighted by Gasteiger charge is 2.32. The lowest BCUT2D eigenvalue weighted by molar-refractivity contribution is -0.0659. The Bertz CT molecular complexity index is 169. The summed E-state index contributed by atoms with van der Waals surface area (Å²) in [4.78, 5) is 2.44. The lowest BCUT2D eigenvalue weighted by Gasteiger charge is -2.43. The Balaban J connectivity index is 1.96. The molecule has 0 aromatic rings. The molecule has 0 bridgehead atoms. The van der Waals surface area contributed by atoms with Gasteiger partial charge in [-0.15, -0.1) is 0 Å². The van der Waals surface area contributed by atoms with Crippen LogP contribution in [0, 0.1) is 0 Å². The van der Waals surface area contributed by atoms with E-state index in [4.69, 9.17) is 15.2 Å². The molecule has 2 N–H and O–H groups in total. The maximum Gasteiger partial charge on any atom is 0.0637 e. The van der Waals surface area contributed by atoms with Crippen LogP contribution in [0.2, 0.25) is 0 Å². The number of rotatable bonds is 1. The first-order valence-corrected chi connectivity index (χ1v) is 5.46. The molecule has 4 nitrogen and oxygen atoms in total. The van der Waals surface area contributed by atoms with E-state index < -0.39 is 0 Å². The van der Waals surface area contributed by atoms with E-state index in [1.54, 1.807) is 0 Å². The maximum atomic E-state index is 6.11. The van der Waals surface area contributed by atoms with Gasteiger partial charge in [0.15, 0.2) is 0 Å². The van der Waals surface area contributed by atoms with Crippen molar-refractivity contribution >= 4 is 0 Å². The molecule has 2 aliphatic heterocycles. The van der Waals surface area contributed by atoms with Gasteiger partial charge >= 0.3 is 0 Å². The van der Waals surface area contributed by atoms with Crippen LogP contribution >= 0.6 is 0 Å². The van der Waals surface area contributed by atoms with Gasteiger partial charge in [-0.3, -0.25) is 4.90 Å². The van der Waals surface area contributed by atoms with Gasteiger partial charge in [-0.25, -0.2) is 0 Å². The normalized spacial score (nSPS) is 41.1. The summed E-state index contributed by atoms with van der Waals surface area (Å²) in [5, 5.41) is 0. The number of morpholine rings is 1. The predicted molar refractivity (Wildman–Crippen MR) is 54.2 cm³/mol. The van der Waals surface area contributed by atoms with Crippen LogP contribution < -0.4 is 5.73 Å². The van der Waals surface area contributed by atoms with Gasteiger partial charge in [0.1, 0.15) is 0 Å². The summed E-state index contributed by atoms with van der Waals surface area (Å²) in [6.07, 6.45) is 0.981. The number of hydrogen-bond donors (Lipinski definition) is 1. The van der Waals surface area contributed by atoms with E-state index in [1.807, 2.05) is 0 Å². The van der Waals surface area contributed by atoms with Gasteiger partial charge in [0, 0.05) is 31.3 Å². The zero-order valence-corrected chi connectivity index (χ0v) is 8.82. The first kappa shape index (κ1) is 10.4. The van der Waals surface area contributed by atoms with Gasteiger partial charge in [0.25, 0.3) is 0 Å². The highest BCUT2D eigenvalue weighted by atomic mass is 16.5. The van der Waals surface area contributed by atoms with Crippen molar-refractivity contribution in [2.45, 2.75) is 31.5 Å². The number of nitrogens with zero attached hydrogens (tertiary/aromatic N) is 1. The third-order valence-electron chi connectivity index (χ3n) is 3.22. The summed E-state index contributed by atoms with van der Waals surface area (Å²) in [5.41, 5.74) is 6.11. The minimum absolute atomic E-state index is 0.268. The van der Waals surface area contributed by atoms with E-state index in [1.165, 1.54) is 0 Å². The van der Waals surface area contributed by atoms with Crippen LogP contribution in [0.15, 0.2) is 0 Å². The molecule has 4 heteroatoms. The summed E-state index contributed by atoms with van der Waals surface area (Å²) >= 11 is 0. The second kappa shape index (κ2) is 4.57. The summed E-state index contributed by atoms with van der Waals surface area (Å²) in [6.45, 7) is 6.43. The molecule has 2 aliphatic rings. The minimum atomic E-state index is 0.268. The monoisotopic (exact) mass is 200 g/mol. The average molecular weight is 200 g/mol. The van der Waals surface area contributed by atoms with E-state index in [2.05, 4.69) is 11.8 Å². The molecule has 0 radical (unpaired) electrons. The molecule has 0 spiro atoms. The highest BCUT2D eigenvalue weighted by molar-refractivity contribution is 4.88. The van der Waals surface area contributed by atoms with Crippen molar-refractivity contribution in [2.75, 3.05) is 33.0 Å². The topological polar surface area (TPSA) is 47.7 Å². The number of ether oxygens (including phenoxy) is 2.